The van der Waals surface area contributed by atoms with Crippen LogP contribution in [0.4, 0.5) is 0 Å². The molecule has 4 nitrogen and oxygen atoms in total. The Bertz CT molecular complexity index is 476. The third-order valence-corrected chi connectivity index (χ3v) is 3.48. The van der Waals surface area contributed by atoms with E-state index in [4.69, 9.17) is 4.74 Å². The van der Waals surface area contributed by atoms with Crippen molar-refractivity contribution in [2.75, 3.05) is 20.2 Å². The van der Waals surface area contributed by atoms with E-state index in [1.807, 2.05) is 6.07 Å². The van der Waals surface area contributed by atoms with Crippen LogP contribution >= 0.6 is 0 Å². The van der Waals surface area contributed by atoms with Crippen molar-refractivity contribution in [2.24, 2.45) is 5.92 Å². The van der Waals surface area contributed by atoms with Gasteiger partial charge in [-0.3, -0.25) is 14.5 Å². The van der Waals surface area contributed by atoms with Crippen molar-refractivity contribution in [3.05, 3.63) is 35.4 Å². The molecule has 0 bridgehead atoms. The molecule has 1 aliphatic heterocycles. The molecule has 1 atom stereocenters. The zero-order valence-electron chi connectivity index (χ0n) is 11.4. The van der Waals surface area contributed by atoms with Crippen LogP contribution in [-0.4, -0.2) is 36.9 Å². The number of piperidine rings is 1. The van der Waals surface area contributed by atoms with E-state index >= 15 is 0 Å². The van der Waals surface area contributed by atoms with Gasteiger partial charge in [0.2, 0.25) is 0 Å². The maximum absolute atomic E-state index is 11.7. The van der Waals surface area contributed by atoms with Gasteiger partial charge in [-0.15, -0.1) is 0 Å². The number of Topliss-reactive ketones (excluding diaryl/α,β-unsaturated/α-hetero) is 1. The predicted octanol–water partition coefficient (Wildman–Crippen LogP) is 1.56. The maximum Gasteiger partial charge on any atom is 0.317 e. The smallest absolute Gasteiger partial charge is 0.317 e. The van der Waals surface area contributed by atoms with Gasteiger partial charge in [0, 0.05) is 26.1 Å². The summed E-state index contributed by atoms with van der Waals surface area (Å²) in [5.41, 5.74) is 2.42. The summed E-state index contributed by atoms with van der Waals surface area (Å²) < 4.78 is 4.69. The highest BCUT2D eigenvalue weighted by atomic mass is 16.5. The molecule has 0 aromatic heterocycles. The molecule has 19 heavy (non-hydrogen) atoms. The van der Waals surface area contributed by atoms with Gasteiger partial charge in [0.1, 0.15) is 11.7 Å². The summed E-state index contributed by atoms with van der Waals surface area (Å²) in [6.45, 7) is 3.99. The topological polar surface area (TPSA) is 46.6 Å². The molecular formula is C15H19NO3. The van der Waals surface area contributed by atoms with E-state index in [1.165, 1.54) is 18.2 Å². The summed E-state index contributed by atoms with van der Waals surface area (Å²) in [4.78, 5) is 25.4. The van der Waals surface area contributed by atoms with E-state index in [0.717, 1.165) is 6.54 Å². The standard InChI is InChI=1S/C15H19NO3/c1-11-4-3-5-12(8-11)9-16-7-6-14(17)13(10-16)15(18)19-2/h3-5,8,13H,6-7,9-10H2,1-2H3. The van der Waals surface area contributed by atoms with Crippen molar-refractivity contribution < 1.29 is 14.3 Å². The van der Waals surface area contributed by atoms with Crippen molar-refractivity contribution in [2.45, 2.75) is 19.9 Å². The van der Waals surface area contributed by atoms with Gasteiger partial charge in [-0.2, -0.15) is 0 Å². The minimum atomic E-state index is -0.622. The molecule has 1 unspecified atom stereocenters. The molecule has 102 valence electrons. The molecule has 1 saturated heterocycles. The molecule has 0 spiro atoms. The Kier molecular flexibility index (Phi) is 4.32. The lowest BCUT2D eigenvalue weighted by atomic mass is 9.96. The third kappa shape index (κ3) is 3.41. The number of ether oxygens (including phenoxy) is 1. The van der Waals surface area contributed by atoms with Crippen LogP contribution in [0.2, 0.25) is 0 Å². The predicted molar refractivity (Wildman–Crippen MR) is 71.6 cm³/mol. The average Bonchev–Trinajstić information content (AvgIpc) is 2.40. The number of likely N-dealkylation sites (tertiary alicyclic amines) is 1. The fraction of sp³-hybridized carbons (Fsp3) is 0.467. The first kappa shape index (κ1) is 13.7. The highest BCUT2D eigenvalue weighted by molar-refractivity contribution is 5.99. The summed E-state index contributed by atoms with van der Waals surface area (Å²) in [6, 6.07) is 8.28. The summed E-state index contributed by atoms with van der Waals surface area (Å²) in [6.07, 6.45) is 0.422. The summed E-state index contributed by atoms with van der Waals surface area (Å²) >= 11 is 0. The molecular weight excluding hydrogens is 242 g/mol. The molecule has 0 saturated carbocycles. The van der Waals surface area contributed by atoms with Crippen molar-refractivity contribution in [3.8, 4) is 0 Å². The minimum Gasteiger partial charge on any atom is -0.468 e. The second kappa shape index (κ2) is 5.97. The van der Waals surface area contributed by atoms with Crippen LogP contribution in [0.25, 0.3) is 0 Å². The largest absolute Gasteiger partial charge is 0.468 e. The zero-order valence-corrected chi connectivity index (χ0v) is 11.4. The van der Waals surface area contributed by atoms with E-state index in [1.54, 1.807) is 0 Å². The molecule has 0 radical (unpaired) electrons. The normalized spacial score (nSPS) is 20.3. The molecule has 0 N–H and O–H groups in total. The van der Waals surface area contributed by atoms with E-state index in [9.17, 15) is 9.59 Å². The molecule has 4 heteroatoms. The van der Waals surface area contributed by atoms with E-state index in [-0.39, 0.29) is 5.78 Å². The number of aryl methyl sites for hydroxylation is 1. The van der Waals surface area contributed by atoms with E-state index in [2.05, 4.69) is 30.0 Å². The van der Waals surface area contributed by atoms with Gasteiger partial charge in [0.15, 0.2) is 0 Å². The Balaban J connectivity index is 2.02. The number of ketones is 1. The molecule has 1 aromatic carbocycles. The molecule has 1 heterocycles. The molecule has 2 rings (SSSR count). The summed E-state index contributed by atoms with van der Waals surface area (Å²) in [5, 5.41) is 0. The fourth-order valence-electron chi connectivity index (χ4n) is 2.45. The van der Waals surface area contributed by atoms with Gasteiger partial charge < -0.3 is 4.74 Å². The molecule has 1 aliphatic rings. The Hall–Kier alpha value is -1.68. The van der Waals surface area contributed by atoms with Gasteiger partial charge in [-0.05, 0) is 12.5 Å². The Morgan fingerprint density at radius 2 is 2.26 bits per heavy atom. The number of rotatable bonds is 3. The number of carbonyl (C=O) groups excluding carboxylic acids is 2. The van der Waals surface area contributed by atoms with Crippen LogP contribution in [-0.2, 0) is 20.9 Å². The lowest BCUT2D eigenvalue weighted by Crippen LogP contribution is -2.44. The van der Waals surface area contributed by atoms with Gasteiger partial charge in [0.05, 0.1) is 7.11 Å². The Morgan fingerprint density at radius 3 is 2.95 bits per heavy atom. The Morgan fingerprint density at radius 1 is 1.47 bits per heavy atom. The first-order chi connectivity index (χ1) is 9.10. The number of esters is 1. The van der Waals surface area contributed by atoms with Crippen LogP contribution in [0, 0.1) is 12.8 Å². The summed E-state index contributed by atoms with van der Waals surface area (Å²) in [5.74, 6) is -1.05. The highest BCUT2D eigenvalue weighted by Gasteiger charge is 2.33. The molecule has 0 aliphatic carbocycles. The second-order valence-electron chi connectivity index (χ2n) is 5.02. The van der Waals surface area contributed by atoms with Crippen LogP contribution in [0.5, 0.6) is 0 Å². The number of hydrogen-bond acceptors (Lipinski definition) is 4. The quantitative estimate of drug-likeness (QED) is 0.612. The first-order valence-electron chi connectivity index (χ1n) is 6.48. The van der Waals surface area contributed by atoms with Crippen molar-refractivity contribution in [1.82, 2.24) is 4.90 Å². The number of benzene rings is 1. The van der Waals surface area contributed by atoms with Gasteiger partial charge >= 0.3 is 5.97 Å². The fourth-order valence-corrected chi connectivity index (χ4v) is 2.45. The van der Waals surface area contributed by atoms with Crippen LogP contribution in [0.3, 0.4) is 0 Å². The Labute approximate surface area is 113 Å². The second-order valence-corrected chi connectivity index (χ2v) is 5.02. The minimum absolute atomic E-state index is 0.00709. The SMILES string of the molecule is COC(=O)C1CN(Cc2cccc(C)c2)CCC1=O. The lowest BCUT2D eigenvalue weighted by molar-refractivity contribution is -0.152. The molecule has 1 fully saturated rings. The number of methoxy groups -OCH3 is 1. The van der Waals surface area contributed by atoms with E-state index < -0.39 is 11.9 Å². The van der Waals surface area contributed by atoms with Crippen LogP contribution < -0.4 is 0 Å². The summed E-state index contributed by atoms with van der Waals surface area (Å²) in [7, 11) is 1.33. The van der Waals surface area contributed by atoms with Crippen LogP contribution in [0.1, 0.15) is 17.5 Å². The van der Waals surface area contributed by atoms with E-state index in [0.29, 0.717) is 19.5 Å². The number of hydrogen-bond donors (Lipinski definition) is 0. The number of nitrogens with zero attached hydrogens (tertiary/aromatic N) is 1. The van der Waals surface area contributed by atoms with Crippen molar-refractivity contribution in [3.63, 3.8) is 0 Å². The van der Waals surface area contributed by atoms with Crippen molar-refractivity contribution in [1.29, 1.82) is 0 Å². The number of carbonyl (C=O) groups is 2. The van der Waals surface area contributed by atoms with Crippen molar-refractivity contribution >= 4 is 11.8 Å². The van der Waals surface area contributed by atoms with Crippen LogP contribution in [0.15, 0.2) is 24.3 Å². The van der Waals surface area contributed by atoms with Gasteiger partial charge in [-0.25, -0.2) is 0 Å². The lowest BCUT2D eigenvalue weighted by Gasteiger charge is -2.30. The third-order valence-electron chi connectivity index (χ3n) is 3.48. The monoisotopic (exact) mass is 261 g/mol. The first-order valence-corrected chi connectivity index (χ1v) is 6.48. The van der Waals surface area contributed by atoms with Gasteiger partial charge in [-0.1, -0.05) is 29.8 Å². The zero-order chi connectivity index (χ0) is 13.8. The molecule has 1 aromatic rings. The maximum atomic E-state index is 11.7. The average molecular weight is 261 g/mol. The highest BCUT2D eigenvalue weighted by Crippen LogP contribution is 2.17. The van der Waals surface area contributed by atoms with Gasteiger partial charge in [0.25, 0.3) is 0 Å². The molecule has 0 amide bonds.